The number of hydrogen-bond acceptors (Lipinski definition) is 6. The van der Waals surface area contributed by atoms with Gasteiger partial charge in [0.1, 0.15) is 11.5 Å². The number of nitrogens with zero attached hydrogens (tertiary/aromatic N) is 3. The number of rotatable bonds is 5. The van der Waals surface area contributed by atoms with Crippen LogP contribution < -0.4 is 9.47 Å². The van der Waals surface area contributed by atoms with Gasteiger partial charge >= 0.3 is 0 Å². The molecule has 2 aromatic carbocycles. The summed E-state index contributed by atoms with van der Waals surface area (Å²) in [6, 6.07) is 12.7. The molecule has 150 valence electrons. The van der Waals surface area contributed by atoms with Gasteiger partial charge in [-0.1, -0.05) is 11.2 Å². The van der Waals surface area contributed by atoms with Gasteiger partial charge in [0.05, 0.1) is 20.3 Å². The molecule has 4 rings (SSSR count). The molecule has 1 atom stereocenters. The number of carbonyl (C=O) groups excluding carboxylic acids is 1. The Bertz CT molecular complexity index is 1030. The molecule has 1 unspecified atom stereocenters. The Hall–Kier alpha value is -3.35. The van der Waals surface area contributed by atoms with Gasteiger partial charge in [-0.3, -0.25) is 4.79 Å². The molecule has 7 heteroatoms. The normalized spacial score (nSPS) is 16.1. The fourth-order valence-electron chi connectivity index (χ4n) is 3.68. The van der Waals surface area contributed by atoms with Crippen molar-refractivity contribution in [3.63, 3.8) is 0 Å². The number of ether oxygens (including phenoxy) is 2. The molecular formula is C22H23N3O4. The smallest absolute Gasteiger partial charge is 0.258 e. The van der Waals surface area contributed by atoms with Crippen LogP contribution >= 0.6 is 0 Å². The van der Waals surface area contributed by atoms with Crippen molar-refractivity contribution in [1.82, 2.24) is 15.0 Å². The summed E-state index contributed by atoms with van der Waals surface area (Å²) < 4.78 is 16.1. The Labute approximate surface area is 169 Å². The van der Waals surface area contributed by atoms with Crippen molar-refractivity contribution < 1.29 is 18.8 Å². The van der Waals surface area contributed by atoms with Crippen molar-refractivity contribution in [3.05, 3.63) is 59.4 Å². The summed E-state index contributed by atoms with van der Waals surface area (Å²) in [6.45, 7) is 2.64. The summed E-state index contributed by atoms with van der Waals surface area (Å²) in [4.78, 5) is 19.5. The van der Waals surface area contributed by atoms with E-state index < -0.39 is 0 Å². The van der Waals surface area contributed by atoms with Crippen LogP contribution in [0.25, 0.3) is 11.5 Å². The Morgan fingerprint density at radius 3 is 2.76 bits per heavy atom. The Morgan fingerprint density at radius 2 is 1.97 bits per heavy atom. The molecule has 0 N–H and O–H groups in total. The van der Waals surface area contributed by atoms with Crippen molar-refractivity contribution in [2.75, 3.05) is 20.8 Å². The lowest BCUT2D eigenvalue weighted by molar-refractivity contribution is 0.0728. The van der Waals surface area contributed by atoms with Crippen LogP contribution in [0.15, 0.2) is 47.0 Å². The molecule has 1 aliphatic heterocycles. The maximum absolute atomic E-state index is 13.1. The highest BCUT2D eigenvalue weighted by atomic mass is 16.5. The van der Waals surface area contributed by atoms with Gasteiger partial charge in [-0.2, -0.15) is 4.98 Å². The van der Waals surface area contributed by atoms with Crippen LogP contribution in [0.2, 0.25) is 0 Å². The third kappa shape index (κ3) is 3.81. The van der Waals surface area contributed by atoms with Gasteiger partial charge in [0.2, 0.25) is 0 Å². The number of aryl methyl sites for hydroxylation is 1. The predicted octanol–water partition coefficient (Wildman–Crippen LogP) is 4.04. The number of aromatic nitrogens is 2. The summed E-state index contributed by atoms with van der Waals surface area (Å²) in [5.74, 6) is 2.27. The largest absolute Gasteiger partial charge is 0.497 e. The Morgan fingerprint density at radius 1 is 1.14 bits per heavy atom. The summed E-state index contributed by atoms with van der Waals surface area (Å²) in [6.07, 6.45) is 1.69. The van der Waals surface area contributed by atoms with E-state index in [2.05, 4.69) is 10.1 Å². The number of methoxy groups -OCH3 is 2. The van der Waals surface area contributed by atoms with Gasteiger partial charge < -0.3 is 18.9 Å². The van der Waals surface area contributed by atoms with E-state index in [1.54, 1.807) is 31.3 Å². The minimum atomic E-state index is -0.210. The van der Waals surface area contributed by atoms with E-state index in [0.717, 1.165) is 29.7 Å². The molecule has 1 aliphatic rings. The molecule has 1 amide bonds. The first-order valence-corrected chi connectivity index (χ1v) is 9.53. The van der Waals surface area contributed by atoms with Crippen molar-refractivity contribution in [1.29, 1.82) is 0 Å². The van der Waals surface area contributed by atoms with Crippen LogP contribution in [0.5, 0.6) is 11.5 Å². The first-order valence-electron chi connectivity index (χ1n) is 9.53. The molecule has 0 radical (unpaired) electrons. The van der Waals surface area contributed by atoms with Crippen LogP contribution in [-0.4, -0.2) is 41.7 Å². The topological polar surface area (TPSA) is 77.7 Å². The third-order valence-corrected chi connectivity index (χ3v) is 5.10. The molecule has 7 nitrogen and oxygen atoms in total. The fraction of sp³-hybridized carbons (Fsp3) is 0.318. The summed E-state index contributed by atoms with van der Waals surface area (Å²) >= 11 is 0. The van der Waals surface area contributed by atoms with Crippen molar-refractivity contribution in [2.45, 2.75) is 25.8 Å². The summed E-state index contributed by atoms with van der Waals surface area (Å²) in [5.41, 5.74) is 2.42. The van der Waals surface area contributed by atoms with Gasteiger partial charge in [-0.25, -0.2) is 0 Å². The quantitative estimate of drug-likeness (QED) is 0.651. The average molecular weight is 393 g/mol. The van der Waals surface area contributed by atoms with Gasteiger partial charge in [0.15, 0.2) is 5.82 Å². The fourth-order valence-corrected chi connectivity index (χ4v) is 3.68. The van der Waals surface area contributed by atoms with Crippen LogP contribution in [0.3, 0.4) is 0 Å². The van der Waals surface area contributed by atoms with Crippen molar-refractivity contribution >= 4 is 5.91 Å². The highest BCUT2D eigenvalue weighted by Gasteiger charge is 2.34. The second-order valence-electron chi connectivity index (χ2n) is 7.09. The average Bonchev–Trinajstić information content (AvgIpc) is 3.42. The van der Waals surface area contributed by atoms with E-state index in [1.807, 2.05) is 37.3 Å². The summed E-state index contributed by atoms with van der Waals surface area (Å²) in [7, 11) is 3.21. The van der Waals surface area contributed by atoms with E-state index in [1.165, 1.54) is 0 Å². The van der Waals surface area contributed by atoms with E-state index in [9.17, 15) is 4.79 Å². The van der Waals surface area contributed by atoms with Crippen molar-refractivity contribution in [2.24, 2.45) is 0 Å². The third-order valence-electron chi connectivity index (χ3n) is 5.10. The van der Waals surface area contributed by atoms with Gasteiger partial charge in [0.25, 0.3) is 11.8 Å². The maximum atomic E-state index is 13.1. The lowest BCUT2D eigenvalue weighted by Crippen LogP contribution is -2.31. The first kappa shape index (κ1) is 19.0. The molecule has 3 aromatic rings. The molecule has 2 heterocycles. The molecule has 29 heavy (non-hydrogen) atoms. The molecule has 0 saturated carbocycles. The van der Waals surface area contributed by atoms with Gasteiger partial charge in [0, 0.05) is 17.7 Å². The number of likely N-dealkylation sites (tertiary alicyclic amines) is 1. The minimum Gasteiger partial charge on any atom is -0.497 e. The zero-order valence-electron chi connectivity index (χ0n) is 16.7. The zero-order valence-corrected chi connectivity index (χ0v) is 16.7. The van der Waals surface area contributed by atoms with Crippen LogP contribution in [0, 0.1) is 6.92 Å². The van der Waals surface area contributed by atoms with Crippen LogP contribution in [-0.2, 0) is 0 Å². The molecule has 0 bridgehead atoms. The van der Waals surface area contributed by atoms with E-state index in [-0.39, 0.29) is 11.9 Å². The zero-order chi connectivity index (χ0) is 20.4. The number of carbonyl (C=O) groups is 1. The molecular weight excluding hydrogens is 370 g/mol. The lowest BCUT2D eigenvalue weighted by atomic mass is 10.1. The highest BCUT2D eigenvalue weighted by Crippen LogP contribution is 2.33. The van der Waals surface area contributed by atoms with E-state index in [0.29, 0.717) is 29.6 Å². The van der Waals surface area contributed by atoms with Gasteiger partial charge in [-0.15, -0.1) is 0 Å². The van der Waals surface area contributed by atoms with E-state index >= 15 is 0 Å². The molecule has 1 fully saturated rings. The Balaban J connectivity index is 1.60. The Kier molecular flexibility index (Phi) is 5.20. The molecule has 0 aliphatic carbocycles. The highest BCUT2D eigenvalue weighted by molar-refractivity contribution is 5.95. The van der Waals surface area contributed by atoms with Gasteiger partial charge in [-0.05, 0) is 61.7 Å². The van der Waals surface area contributed by atoms with Crippen LogP contribution in [0.1, 0.15) is 40.6 Å². The minimum absolute atomic E-state index is 0.0602. The molecule has 0 spiro atoms. The monoisotopic (exact) mass is 393 g/mol. The number of hydrogen-bond donors (Lipinski definition) is 0. The van der Waals surface area contributed by atoms with Crippen LogP contribution in [0.4, 0.5) is 0 Å². The summed E-state index contributed by atoms with van der Waals surface area (Å²) in [5, 5.41) is 4.17. The second kappa shape index (κ2) is 7.95. The maximum Gasteiger partial charge on any atom is 0.258 e. The second-order valence-corrected chi connectivity index (χ2v) is 7.09. The first-order chi connectivity index (χ1) is 14.1. The predicted molar refractivity (Wildman–Crippen MR) is 107 cm³/mol. The number of benzene rings is 2. The molecule has 1 aromatic heterocycles. The van der Waals surface area contributed by atoms with E-state index in [4.69, 9.17) is 14.0 Å². The SMILES string of the molecule is COc1cccc(C(=O)N2CCCC2c2noc(-c3cc(C)cc(OC)c3)n2)c1. The lowest BCUT2D eigenvalue weighted by Gasteiger charge is -2.22. The standard InChI is InChI=1S/C22H23N3O4/c1-14-10-16(13-18(11-14)28-3)21-23-20(24-29-21)19-8-5-9-25(19)22(26)15-6-4-7-17(12-15)27-2/h4,6-7,10-13,19H,5,8-9H2,1-3H3. The number of amides is 1. The van der Waals surface area contributed by atoms with Crippen molar-refractivity contribution in [3.8, 4) is 23.0 Å². The molecule has 1 saturated heterocycles.